The van der Waals surface area contributed by atoms with Crippen LogP contribution in [0.1, 0.15) is 10.5 Å². The number of hydrogen-bond acceptors (Lipinski definition) is 5. The predicted octanol–water partition coefficient (Wildman–Crippen LogP) is 3.25. The predicted molar refractivity (Wildman–Crippen MR) is 106 cm³/mol. The summed E-state index contributed by atoms with van der Waals surface area (Å²) in [6, 6.07) is 13.6. The van der Waals surface area contributed by atoms with Crippen molar-refractivity contribution in [2.45, 2.75) is 11.7 Å². The van der Waals surface area contributed by atoms with Gasteiger partial charge in [0.1, 0.15) is 17.1 Å². The number of carbonyl (C=O) groups excluding carboxylic acids is 1. The summed E-state index contributed by atoms with van der Waals surface area (Å²) in [5, 5.41) is 3.25. The van der Waals surface area contributed by atoms with Crippen LogP contribution in [0.3, 0.4) is 0 Å². The molecule has 7 nitrogen and oxygen atoms in total. The number of nitrogens with zero attached hydrogens (tertiary/aromatic N) is 2. The van der Waals surface area contributed by atoms with Crippen molar-refractivity contribution in [2.75, 3.05) is 18.2 Å². The fourth-order valence-electron chi connectivity index (χ4n) is 3.08. The smallest absolute Gasteiger partial charge is 0.274 e. The molecular formula is C19H16ClN3O4S. The van der Waals surface area contributed by atoms with E-state index in [2.05, 4.69) is 10.3 Å². The van der Waals surface area contributed by atoms with Gasteiger partial charge in [-0.25, -0.2) is 13.4 Å². The van der Waals surface area contributed by atoms with Gasteiger partial charge in [0, 0.05) is 22.8 Å². The molecule has 144 valence electrons. The van der Waals surface area contributed by atoms with Crippen LogP contribution in [0, 0.1) is 0 Å². The Morgan fingerprint density at radius 1 is 1.14 bits per heavy atom. The number of methoxy groups -OCH3 is 1. The van der Waals surface area contributed by atoms with E-state index in [0.717, 1.165) is 0 Å². The summed E-state index contributed by atoms with van der Waals surface area (Å²) in [6.45, 7) is 0.185. The van der Waals surface area contributed by atoms with Crippen LogP contribution in [0.2, 0.25) is 5.02 Å². The number of ether oxygens (including phenoxy) is 1. The normalized spacial score (nSPS) is 14.5. The van der Waals surface area contributed by atoms with E-state index < -0.39 is 15.7 Å². The molecule has 1 aliphatic heterocycles. The van der Waals surface area contributed by atoms with Crippen molar-refractivity contribution >= 4 is 33.0 Å². The number of benzene rings is 2. The van der Waals surface area contributed by atoms with E-state index in [9.17, 15) is 13.2 Å². The first kappa shape index (κ1) is 18.5. The molecule has 2 heterocycles. The molecule has 0 spiro atoms. The summed E-state index contributed by atoms with van der Waals surface area (Å²) in [4.78, 5) is 17.3. The first-order chi connectivity index (χ1) is 13.4. The number of amides is 1. The zero-order valence-corrected chi connectivity index (χ0v) is 16.4. The van der Waals surface area contributed by atoms with Crippen LogP contribution in [-0.2, 0) is 16.4 Å². The maximum Gasteiger partial charge on any atom is 0.274 e. The van der Waals surface area contributed by atoms with Gasteiger partial charge in [0.2, 0.25) is 15.0 Å². The molecule has 28 heavy (non-hydrogen) atoms. The van der Waals surface area contributed by atoms with Crippen molar-refractivity contribution in [3.8, 4) is 17.0 Å². The molecule has 1 aromatic heterocycles. The third kappa shape index (κ3) is 3.25. The molecule has 0 aliphatic carbocycles. The lowest BCUT2D eigenvalue weighted by Crippen LogP contribution is -2.17. The van der Waals surface area contributed by atoms with Gasteiger partial charge in [-0.2, -0.15) is 0 Å². The topological polar surface area (TPSA) is 90.3 Å². The Kier molecular flexibility index (Phi) is 4.60. The van der Waals surface area contributed by atoms with E-state index >= 15 is 0 Å². The van der Waals surface area contributed by atoms with Gasteiger partial charge in [0.15, 0.2) is 0 Å². The average Bonchev–Trinajstić information content (AvgIpc) is 3.21. The van der Waals surface area contributed by atoms with Gasteiger partial charge in [-0.3, -0.25) is 4.79 Å². The Balaban J connectivity index is 1.80. The Labute approximate surface area is 166 Å². The van der Waals surface area contributed by atoms with Gasteiger partial charge < -0.3 is 14.6 Å². The highest BCUT2D eigenvalue weighted by Crippen LogP contribution is 2.31. The van der Waals surface area contributed by atoms with E-state index in [4.69, 9.17) is 16.3 Å². The molecule has 0 fully saturated rings. The van der Waals surface area contributed by atoms with Crippen molar-refractivity contribution in [3.63, 3.8) is 0 Å². The zero-order chi connectivity index (χ0) is 19.9. The van der Waals surface area contributed by atoms with Gasteiger partial charge in [-0.15, -0.1) is 0 Å². The van der Waals surface area contributed by atoms with E-state index in [1.807, 2.05) is 0 Å². The van der Waals surface area contributed by atoms with Crippen molar-refractivity contribution in [3.05, 3.63) is 59.2 Å². The number of nitrogens with one attached hydrogen (secondary N) is 1. The van der Waals surface area contributed by atoms with Crippen LogP contribution in [0.4, 0.5) is 5.69 Å². The number of halogens is 1. The van der Waals surface area contributed by atoms with Crippen molar-refractivity contribution in [1.82, 2.24) is 9.55 Å². The van der Waals surface area contributed by atoms with Crippen LogP contribution in [0.25, 0.3) is 11.3 Å². The van der Waals surface area contributed by atoms with Crippen molar-refractivity contribution in [2.24, 2.45) is 0 Å². The second kappa shape index (κ2) is 6.96. The summed E-state index contributed by atoms with van der Waals surface area (Å²) in [5.41, 5.74) is 1.69. The summed E-state index contributed by atoms with van der Waals surface area (Å²) in [7, 11) is -1.96. The number of hydrogen-bond donors (Lipinski definition) is 1. The molecule has 1 aliphatic rings. The lowest BCUT2D eigenvalue weighted by Gasteiger charge is -2.09. The number of imidazole rings is 1. The lowest BCUT2D eigenvalue weighted by atomic mass is 10.1. The number of fused-ring (bicyclic) bond motifs is 1. The Morgan fingerprint density at radius 2 is 1.82 bits per heavy atom. The molecule has 1 N–H and O–H groups in total. The second-order valence-corrected chi connectivity index (χ2v) is 8.69. The number of rotatable bonds is 4. The van der Waals surface area contributed by atoms with Gasteiger partial charge in [-0.05, 0) is 48.5 Å². The van der Waals surface area contributed by atoms with Gasteiger partial charge >= 0.3 is 0 Å². The molecule has 9 heteroatoms. The van der Waals surface area contributed by atoms with Crippen LogP contribution in [0.5, 0.6) is 5.75 Å². The van der Waals surface area contributed by atoms with Crippen LogP contribution >= 0.6 is 11.6 Å². The number of aromatic nitrogens is 2. The van der Waals surface area contributed by atoms with Crippen LogP contribution in [0.15, 0.2) is 53.7 Å². The van der Waals surface area contributed by atoms with Crippen molar-refractivity contribution in [1.29, 1.82) is 0 Å². The Morgan fingerprint density at radius 3 is 2.46 bits per heavy atom. The first-order valence-corrected chi connectivity index (χ1v) is 10.5. The van der Waals surface area contributed by atoms with Crippen molar-refractivity contribution < 1.29 is 17.9 Å². The molecule has 2 aromatic carbocycles. The molecule has 3 aromatic rings. The van der Waals surface area contributed by atoms with Crippen LogP contribution < -0.4 is 10.1 Å². The third-order valence-corrected chi connectivity index (χ3v) is 6.32. The molecule has 1 amide bonds. The highest BCUT2D eigenvalue weighted by Gasteiger charge is 2.35. The minimum atomic E-state index is -3.51. The molecule has 0 atom stereocenters. The maximum atomic E-state index is 13.0. The average molecular weight is 418 g/mol. The highest BCUT2D eigenvalue weighted by atomic mass is 35.5. The third-order valence-electron chi connectivity index (χ3n) is 4.47. The Bertz CT molecular complexity index is 1150. The van der Waals surface area contributed by atoms with E-state index in [1.165, 1.54) is 4.57 Å². The zero-order valence-electron chi connectivity index (χ0n) is 14.8. The number of anilines is 1. The van der Waals surface area contributed by atoms with Gasteiger partial charge in [-0.1, -0.05) is 11.6 Å². The summed E-state index contributed by atoms with van der Waals surface area (Å²) >= 11 is 5.88. The molecule has 4 rings (SSSR count). The SMILES string of the molecule is COc1ccc(-c2nc3n(c2C(=O)Nc2ccc(Cl)cc2)CCS3(=O)=O)cc1. The maximum absolute atomic E-state index is 13.0. The minimum absolute atomic E-state index is 0.0700. The summed E-state index contributed by atoms with van der Waals surface area (Å²) in [6.07, 6.45) is 0. The van der Waals surface area contributed by atoms with Gasteiger partial charge in [0.05, 0.1) is 12.9 Å². The lowest BCUT2D eigenvalue weighted by molar-refractivity contribution is 0.101. The number of carbonyl (C=O) groups is 1. The molecule has 0 radical (unpaired) electrons. The highest BCUT2D eigenvalue weighted by molar-refractivity contribution is 7.91. The second-order valence-electron chi connectivity index (χ2n) is 6.25. The first-order valence-electron chi connectivity index (χ1n) is 8.44. The van der Waals surface area contributed by atoms with Crippen LogP contribution in [-0.4, -0.2) is 36.7 Å². The molecule has 0 unspecified atom stereocenters. The Hall–Kier alpha value is -2.84. The quantitative estimate of drug-likeness (QED) is 0.703. The van der Waals surface area contributed by atoms with E-state index in [1.54, 1.807) is 55.6 Å². The molecule has 0 saturated carbocycles. The van der Waals surface area contributed by atoms with E-state index in [-0.39, 0.29) is 23.1 Å². The standard InChI is InChI=1S/C19H16ClN3O4S/c1-27-15-8-2-12(3-9-15)16-17(23-10-11-28(25,26)19(23)22-16)18(24)21-14-6-4-13(20)5-7-14/h2-9H,10-11H2,1H3,(H,21,24). The fourth-order valence-corrected chi connectivity index (χ4v) is 4.56. The molecular weight excluding hydrogens is 402 g/mol. The van der Waals surface area contributed by atoms with E-state index in [0.29, 0.717) is 27.7 Å². The number of sulfone groups is 1. The molecule has 0 saturated heterocycles. The summed E-state index contributed by atoms with van der Waals surface area (Å²) in [5.74, 6) is 0.138. The van der Waals surface area contributed by atoms with Gasteiger partial charge in [0.25, 0.3) is 5.91 Å². The largest absolute Gasteiger partial charge is 0.497 e. The summed E-state index contributed by atoms with van der Waals surface area (Å²) < 4.78 is 31.3. The monoisotopic (exact) mass is 417 g/mol. The minimum Gasteiger partial charge on any atom is -0.497 e. The fraction of sp³-hybridized carbons (Fsp3) is 0.158. The molecule has 0 bridgehead atoms.